The Morgan fingerprint density at radius 2 is 2.19 bits per heavy atom. The molecule has 1 unspecified atom stereocenters. The van der Waals surface area contributed by atoms with Gasteiger partial charge in [-0.1, -0.05) is 18.2 Å². The quantitative estimate of drug-likeness (QED) is 0.826. The molecular formula is C13H15N3. The van der Waals surface area contributed by atoms with Crippen LogP contribution in [0.3, 0.4) is 0 Å². The standard InChI is InChI=1S/C13H15N3/c1-2-5-13(16-9-3-7-15-16)12(4-1)11-6-8-14-10-11/h1-5,7,9,11,14H,6,8,10H2. The minimum atomic E-state index is 0.625. The van der Waals surface area contributed by atoms with E-state index >= 15 is 0 Å². The van der Waals surface area contributed by atoms with Crippen LogP contribution in [0.2, 0.25) is 0 Å². The van der Waals surface area contributed by atoms with Crippen molar-refractivity contribution in [1.29, 1.82) is 0 Å². The Kier molecular flexibility index (Phi) is 2.46. The Labute approximate surface area is 95.1 Å². The molecule has 2 aromatic rings. The van der Waals surface area contributed by atoms with E-state index in [-0.39, 0.29) is 0 Å². The lowest BCUT2D eigenvalue weighted by atomic mass is 9.97. The van der Waals surface area contributed by atoms with Crippen molar-refractivity contribution in [2.45, 2.75) is 12.3 Å². The molecule has 0 saturated carbocycles. The molecule has 3 nitrogen and oxygen atoms in total. The number of nitrogens with zero attached hydrogens (tertiary/aromatic N) is 2. The van der Waals surface area contributed by atoms with Gasteiger partial charge in [0.1, 0.15) is 0 Å². The summed E-state index contributed by atoms with van der Waals surface area (Å²) in [5, 5.41) is 7.73. The molecule has 1 fully saturated rings. The third-order valence-electron chi connectivity index (χ3n) is 3.19. The minimum absolute atomic E-state index is 0.625. The summed E-state index contributed by atoms with van der Waals surface area (Å²) in [6.07, 6.45) is 5.04. The van der Waals surface area contributed by atoms with Crippen LogP contribution < -0.4 is 5.32 Å². The molecule has 0 spiro atoms. The Hall–Kier alpha value is -1.61. The molecule has 1 aliphatic rings. The van der Waals surface area contributed by atoms with Crippen molar-refractivity contribution < 1.29 is 0 Å². The number of para-hydroxylation sites is 1. The lowest BCUT2D eigenvalue weighted by Gasteiger charge is -2.14. The summed E-state index contributed by atoms with van der Waals surface area (Å²) in [6.45, 7) is 2.20. The molecule has 1 atom stereocenters. The van der Waals surface area contributed by atoms with E-state index in [4.69, 9.17) is 0 Å². The van der Waals surface area contributed by atoms with Crippen molar-refractivity contribution in [3.8, 4) is 5.69 Å². The summed E-state index contributed by atoms with van der Waals surface area (Å²) in [4.78, 5) is 0. The monoisotopic (exact) mass is 213 g/mol. The third kappa shape index (κ3) is 1.63. The number of nitrogens with one attached hydrogen (secondary N) is 1. The summed E-state index contributed by atoms with van der Waals surface area (Å²) < 4.78 is 1.95. The average molecular weight is 213 g/mol. The minimum Gasteiger partial charge on any atom is -0.316 e. The predicted molar refractivity (Wildman–Crippen MR) is 63.8 cm³/mol. The van der Waals surface area contributed by atoms with Gasteiger partial charge in [-0.25, -0.2) is 4.68 Å². The number of benzene rings is 1. The summed E-state index contributed by atoms with van der Waals surface area (Å²) >= 11 is 0. The van der Waals surface area contributed by atoms with Gasteiger partial charge in [-0.3, -0.25) is 0 Å². The van der Waals surface area contributed by atoms with Crippen LogP contribution >= 0.6 is 0 Å². The van der Waals surface area contributed by atoms with Crippen LogP contribution in [0, 0.1) is 0 Å². The molecule has 16 heavy (non-hydrogen) atoms. The first-order valence-electron chi connectivity index (χ1n) is 5.75. The fraction of sp³-hybridized carbons (Fsp3) is 0.308. The van der Waals surface area contributed by atoms with E-state index in [1.54, 1.807) is 0 Å². The van der Waals surface area contributed by atoms with Gasteiger partial charge in [0.05, 0.1) is 5.69 Å². The van der Waals surface area contributed by atoms with Crippen LogP contribution in [-0.4, -0.2) is 22.9 Å². The average Bonchev–Trinajstić information content (AvgIpc) is 3.03. The maximum absolute atomic E-state index is 4.31. The van der Waals surface area contributed by atoms with E-state index in [9.17, 15) is 0 Å². The van der Waals surface area contributed by atoms with Crippen molar-refractivity contribution in [2.75, 3.05) is 13.1 Å². The first-order valence-corrected chi connectivity index (χ1v) is 5.75. The maximum Gasteiger partial charge on any atom is 0.0680 e. The third-order valence-corrected chi connectivity index (χ3v) is 3.19. The van der Waals surface area contributed by atoms with Crippen molar-refractivity contribution in [3.63, 3.8) is 0 Å². The Bertz CT molecular complexity index is 456. The van der Waals surface area contributed by atoms with Crippen LogP contribution in [0.25, 0.3) is 5.69 Å². The second-order valence-electron chi connectivity index (χ2n) is 4.20. The van der Waals surface area contributed by atoms with Crippen molar-refractivity contribution in [3.05, 3.63) is 48.3 Å². The van der Waals surface area contributed by atoms with Crippen molar-refractivity contribution in [2.24, 2.45) is 0 Å². The molecule has 2 heterocycles. The molecule has 0 amide bonds. The molecule has 1 aliphatic heterocycles. The summed E-state index contributed by atoms with van der Waals surface area (Å²) in [5.41, 5.74) is 2.61. The van der Waals surface area contributed by atoms with Crippen LogP contribution in [0.1, 0.15) is 17.9 Å². The van der Waals surface area contributed by atoms with Crippen molar-refractivity contribution in [1.82, 2.24) is 15.1 Å². The van der Waals surface area contributed by atoms with Gasteiger partial charge in [0.25, 0.3) is 0 Å². The predicted octanol–water partition coefficient (Wildman–Crippen LogP) is 1.95. The smallest absolute Gasteiger partial charge is 0.0680 e. The zero-order valence-electron chi connectivity index (χ0n) is 9.13. The zero-order valence-corrected chi connectivity index (χ0v) is 9.13. The number of aromatic nitrogens is 2. The van der Waals surface area contributed by atoms with Gasteiger partial charge in [0.15, 0.2) is 0 Å². The largest absolute Gasteiger partial charge is 0.316 e. The SMILES string of the molecule is c1ccc(-n2cccn2)c(C2CCNC2)c1. The van der Waals surface area contributed by atoms with Gasteiger partial charge >= 0.3 is 0 Å². The lowest BCUT2D eigenvalue weighted by molar-refractivity contribution is 0.742. The zero-order chi connectivity index (χ0) is 10.8. The van der Waals surface area contributed by atoms with Gasteiger partial charge in [0.2, 0.25) is 0 Å². The maximum atomic E-state index is 4.31. The van der Waals surface area contributed by atoms with E-state index in [1.807, 2.05) is 23.1 Å². The highest BCUT2D eigenvalue weighted by Gasteiger charge is 2.19. The normalized spacial score (nSPS) is 20.1. The van der Waals surface area contributed by atoms with Crippen LogP contribution in [0.5, 0.6) is 0 Å². The molecule has 1 saturated heterocycles. The fourth-order valence-electron chi connectivity index (χ4n) is 2.37. The van der Waals surface area contributed by atoms with E-state index < -0.39 is 0 Å². The van der Waals surface area contributed by atoms with Gasteiger partial charge in [-0.05, 0) is 36.6 Å². The Balaban J connectivity index is 2.04. The van der Waals surface area contributed by atoms with Gasteiger partial charge in [0, 0.05) is 18.9 Å². The van der Waals surface area contributed by atoms with E-state index in [0.717, 1.165) is 13.1 Å². The Morgan fingerprint density at radius 1 is 1.25 bits per heavy atom. The van der Waals surface area contributed by atoms with Gasteiger partial charge < -0.3 is 5.32 Å². The molecule has 3 rings (SSSR count). The van der Waals surface area contributed by atoms with Crippen molar-refractivity contribution >= 4 is 0 Å². The molecule has 82 valence electrons. The first kappa shape index (κ1) is 9.60. The van der Waals surface area contributed by atoms with Crippen LogP contribution in [0.15, 0.2) is 42.7 Å². The second kappa shape index (κ2) is 4.10. The second-order valence-corrected chi connectivity index (χ2v) is 4.20. The number of hydrogen-bond acceptors (Lipinski definition) is 2. The van der Waals surface area contributed by atoms with Gasteiger partial charge in [-0.2, -0.15) is 5.10 Å². The Morgan fingerprint density at radius 3 is 2.94 bits per heavy atom. The summed E-state index contributed by atoms with van der Waals surface area (Å²) in [7, 11) is 0. The molecule has 0 radical (unpaired) electrons. The molecule has 1 aromatic heterocycles. The van der Waals surface area contributed by atoms with Crippen LogP contribution in [0.4, 0.5) is 0 Å². The topological polar surface area (TPSA) is 29.9 Å². The molecule has 1 aromatic carbocycles. The highest BCUT2D eigenvalue weighted by molar-refractivity contribution is 5.43. The molecule has 1 N–H and O–H groups in total. The highest BCUT2D eigenvalue weighted by atomic mass is 15.3. The van der Waals surface area contributed by atoms with E-state index in [2.05, 4.69) is 34.7 Å². The number of rotatable bonds is 2. The van der Waals surface area contributed by atoms with E-state index in [1.165, 1.54) is 17.7 Å². The number of hydrogen-bond donors (Lipinski definition) is 1. The van der Waals surface area contributed by atoms with Gasteiger partial charge in [-0.15, -0.1) is 0 Å². The van der Waals surface area contributed by atoms with Crippen LogP contribution in [-0.2, 0) is 0 Å². The lowest BCUT2D eigenvalue weighted by Crippen LogP contribution is -2.10. The fourth-order valence-corrected chi connectivity index (χ4v) is 2.37. The molecule has 3 heteroatoms. The summed E-state index contributed by atoms with van der Waals surface area (Å²) in [5.74, 6) is 0.625. The molecule has 0 bridgehead atoms. The first-order chi connectivity index (χ1) is 7.95. The molecular weight excluding hydrogens is 198 g/mol. The molecule has 0 aliphatic carbocycles. The highest BCUT2D eigenvalue weighted by Crippen LogP contribution is 2.27. The summed E-state index contributed by atoms with van der Waals surface area (Å²) in [6, 6.07) is 10.5. The van der Waals surface area contributed by atoms with E-state index in [0.29, 0.717) is 5.92 Å².